The monoisotopic (exact) mass is 472 g/mol. The van der Waals surface area contributed by atoms with Gasteiger partial charge in [0.1, 0.15) is 11.1 Å². The van der Waals surface area contributed by atoms with Crippen LogP contribution in [0.25, 0.3) is 11.0 Å². The van der Waals surface area contributed by atoms with E-state index in [0.29, 0.717) is 16.8 Å². The first-order valence-corrected chi connectivity index (χ1v) is 10.1. The van der Waals surface area contributed by atoms with Crippen LogP contribution in [-0.4, -0.2) is 16.9 Å². The molecule has 0 fully saturated rings. The normalized spacial score (nSPS) is 10.7. The van der Waals surface area contributed by atoms with Crippen LogP contribution in [0.5, 0.6) is 0 Å². The predicted octanol–water partition coefficient (Wildman–Crippen LogP) is 4.58. The molecule has 4 rings (SSSR count). The third kappa shape index (κ3) is 5.70. The van der Waals surface area contributed by atoms with Gasteiger partial charge in [0.2, 0.25) is 0 Å². The van der Waals surface area contributed by atoms with Crippen LogP contribution in [0.3, 0.4) is 0 Å². The van der Waals surface area contributed by atoms with Crippen molar-refractivity contribution in [3.05, 3.63) is 105 Å². The van der Waals surface area contributed by atoms with Crippen LogP contribution in [0.4, 0.5) is 27.5 Å². The Morgan fingerprint density at radius 3 is 2.29 bits per heavy atom. The zero-order valence-electron chi connectivity index (χ0n) is 17.8. The minimum absolute atomic E-state index is 0.142. The lowest BCUT2D eigenvalue weighted by atomic mass is 10.1. The van der Waals surface area contributed by atoms with Gasteiger partial charge < -0.3 is 9.73 Å². The van der Waals surface area contributed by atoms with E-state index in [2.05, 4.69) is 26.4 Å². The second kappa shape index (κ2) is 10.0. The number of amides is 3. The number of hydrogen-bond donors (Lipinski definition) is 3. The summed E-state index contributed by atoms with van der Waals surface area (Å²) in [5.41, 5.74) is 4.45. The zero-order valence-corrected chi connectivity index (χ0v) is 17.8. The first kappa shape index (κ1) is 22.8. The molecule has 3 amide bonds. The highest BCUT2D eigenvalue weighted by Gasteiger charge is 2.15. The molecular formula is C23H16N6O6. The van der Waals surface area contributed by atoms with E-state index in [1.807, 2.05) is 18.2 Å². The second-order valence-electron chi connectivity index (χ2n) is 7.04. The van der Waals surface area contributed by atoms with Crippen LogP contribution in [0.15, 0.2) is 98.3 Å². The molecule has 35 heavy (non-hydrogen) atoms. The minimum Gasteiger partial charge on any atom is -0.422 e. The Bertz CT molecular complexity index is 1500. The summed E-state index contributed by atoms with van der Waals surface area (Å²) in [7, 11) is 0. The van der Waals surface area contributed by atoms with Crippen LogP contribution >= 0.6 is 0 Å². The van der Waals surface area contributed by atoms with Crippen LogP contribution in [0.2, 0.25) is 0 Å². The zero-order chi connectivity index (χ0) is 24.8. The number of azo groups is 1. The first-order chi connectivity index (χ1) is 16.9. The maximum Gasteiger partial charge on any atom is 0.349 e. The van der Waals surface area contributed by atoms with Gasteiger partial charge in [-0.1, -0.05) is 18.2 Å². The van der Waals surface area contributed by atoms with Gasteiger partial charge in [-0.05, 0) is 48.5 Å². The smallest absolute Gasteiger partial charge is 0.349 e. The molecule has 12 heteroatoms. The van der Waals surface area contributed by atoms with Crippen LogP contribution in [-0.2, 0) is 0 Å². The van der Waals surface area contributed by atoms with Crippen molar-refractivity contribution in [1.82, 2.24) is 10.9 Å². The molecule has 1 aromatic heterocycles. The third-order valence-corrected chi connectivity index (χ3v) is 4.62. The molecule has 0 saturated heterocycles. The van der Waals surface area contributed by atoms with E-state index in [1.54, 1.807) is 24.3 Å². The molecule has 174 valence electrons. The van der Waals surface area contributed by atoms with Gasteiger partial charge in [0.15, 0.2) is 0 Å². The highest BCUT2D eigenvalue weighted by molar-refractivity contribution is 5.99. The molecule has 3 aromatic carbocycles. The van der Waals surface area contributed by atoms with Crippen LogP contribution < -0.4 is 21.8 Å². The van der Waals surface area contributed by atoms with Gasteiger partial charge in [-0.3, -0.25) is 20.3 Å². The SMILES string of the molecule is O=C(NNC(=O)c1cc2cc(N=Nc3ccccc3)ccc2oc1=O)Nc1ccc([N+](=O)[O-])cc1. The predicted molar refractivity (Wildman–Crippen MR) is 126 cm³/mol. The molecule has 0 atom stereocenters. The standard InChI is InChI=1S/C23H16N6O6/c30-21(27-28-23(32)24-15-6-9-18(10-7-15)29(33)34)19-13-14-12-17(8-11-20(14)35-22(19)31)26-25-16-4-2-1-3-5-16/h1-13H,(H,27,30)(H2,24,28,32). The van der Waals surface area contributed by atoms with Crippen molar-refractivity contribution in [3.63, 3.8) is 0 Å². The molecule has 0 spiro atoms. The summed E-state index contributed by atoms with van der Waals surface area (Å²) in [6.45, 7) is 0. The highest BCUT2D eigenvalue weighted by atomic mass is 16.6. The number of anilines is 1. The fourth-order valence-electron chi connectivity index (χ4n) is 2.95. The first-order valence-electron chi connectivity index (χ1n) is 10.1. The van der Waals surface area contributed by atoms with Gasteiger partial charge >= 0.3 is 11.7 Å². The third-order valence-electron chi connectivity index (χ3n) is 4.62. The second-order valence-corrected chi connectivity index (χ2v) is 7.04. The molecule has 0 aliphatic rings. The number of nitrogens with zero attached hydrogens (tertiary/aromatic N) is 3. The number of benzene rings is 3. The summed E-state index contributed by atoms with van der Waals surface area (Å²) < 4.78 is 5.19. The van der Waals surface area contributed by atoms with Crippen LogP contribution in [0.1, 0.15) is 10.4 Å². The van der Waals surface area contributed by atoms with Crippen molar-refractivity contribution >= 4 is 45.7 Å². The molecular weight excluding hydrogens is 456 g/mol. The van der Waals surface area contributed by atoms with Crippen molar-refractivity contribution in [2.45, 2.75) is 0 Å². The number of carbonyl (C=O) groups excluding carboxylic acids is 2. The van der Waals surface area contributed by atoms with E-state index in [4.69, 9.17) is 4.42 Å². The molecule has 0 radical (unpaired) electrons. The van der Waals surface area contributed by atoms with E-state index in [9.17, 15) is 24.5 Å². The number of nitro benzene ring substituents is 1. The Labute approximate surface area is 196 Å². The number of hydrazine groups is 1. The Balaban J connectivity index is 1.44. The lowest BCUT2D eigenvalue weighted by Crippen LogP contribution is -2.45. The average molecular weight is 472 g/mol. The lowest BCUT2D eigenvalue weighted by molar-refractivity contribution is -0.384. The molecule has 0 unspecified atom stereocenters. The minimum atomic E-state index is -0.907. The summed E-state index contributed by atoms with van der Waals surface area (Å²) in [5, 5.41) is 21.7. The van der Waals surface area contributed by atoms with Gasteiger partial charge in [0.25, 0.3) is 11.6 Å². The van der Waals surface area contributed by atoms with Crippen molar-refractivity contribution < 1.29 is 18.9 Å². The molecule has 3 N–H and O–H groups in total. The fraction of sp³-hybridized carbons (Fsp3) is 0. The topological polar surface area (TPSA) is 168 Å². The van der Waals surface area contributed by atoms with Gasteiger partial charge in [-0.15, -0.1) is 0 Å². The summed E-state index contributed by atoms with van der Waals surface area (Å²) >= 11 is 0. The highest BCUT2D eigenvalue weighted by Crippen LogP contribution is 2.23. The molecule has 0 aliphatic heterocycles. The molecule has 0 saturated carbocycles. The number of fused-ring (bicyclic) bond motifs is 1. The quantitative estimate of drug-likeness (QED) is 0.166. The number of carbonyl (C=O) groups is 2. The number of nitrogens with one attached hydrogen (secondary N) is 3. The number of non-ortho nitro benzene ring substituents is 1. The number of nitro groups is 1. The van der Waals surface area contributed by atoms with E-state index in [1.165, 1.54) is 36.4 Å². The van der Waals surface area contributed by atoms with E-state index in [0.717, 1.165) is 0 Å². The molecule has 12 nitrogen and oxygen atoms in total. The number of urea groups is 1. The van der Waals surface area contributed by atoms with Crippen molar-refractivity contribution in [1.29, 1.82) is 0 Å². The van der Waals surface area contributed by atoms with E-state index < -0.39 is 22.5 Å². The Morgan fingerprint density at radius 2 is 1.57 bits per heavy atom. The maximum absolute atomic E-state index is 12.5. The Morgan fingerprint density at radius 1 is 0.857 bits per heavy atom. The fourth-order valence-corrected chi connectivity index (χ4v) is 2.95. The van der Waals surface area contributed by atoms with Crippen LogP contribution in [0, 0.1) is 10.1 Å². The van der Waals surface area contributed by atoms with Crippen molar-refractivity contribution in [3.8, 4) is 0 Å². The van der Waals surface area contributed by atoms with Crippen molar-refractivity contribution in [2.24, 2.45) is 10.2 Å². The summed E-state index contributed by atoms with van der Waals surface area (Å²) in [6.07, 6.45) is 0. The molecule has 1 heterocycles. The summed E-state index contributed by atoms with van der Waals surface area (Å²) in [6, 6.07) is 19.4. The maximum atomic E-state index is 12.5. The average Bonchev–Trinajstić information content (AvgIpc) is 2.86. The number of hydrogen-bond acceptors (Lipinski definition) is 8. The van der Waals surface area contributed by atoms with Gasteiger partial charge in [-0.2, -0.15) is 10.2 Å². The number of rotatable bonds is 5. The summed E-state index contributed by atoms with van der Waals surface area (Å²) in [4.78, 5) is 46.8. The van der Waals surface area contributed by atoms with E-state index >= 15 is 0 Å². The van der Waals surface area contributed by atoms with Gasteiger partial charge in [0, 0.05) is 23.2 Å². The molecule has 4 aromatic rings. The van der Waals surface area contributed by atoms with Gasteiger partial charge in [0.05, 0.1) is 16.3 Å². The molecule has 0 aliphatic carbocycles. The molecule has 0 bridgehead atoms. The van der Waals surface area contributed by atoms with Crippen molar-refractivity contribution in [2.75, 3.05) is 5.32 Å². The largest absolute Gasteiger partial charge is 0.422 e. The van der Waals surface area contributed by atoms with E-state index in [-0.39, 0.29) is 22.5 Å². The Hall–Kier alpha value is -5.39. The van der Waals surface area contributed by atoms with Gasteiger partial charge in [-0.25, -0.2) is 15.0 Å². The summed E-state index contributed by atoms with van der Waals surface area (Å²) in [5.74, 6) is -0.907. The lowest BCUT2D eigenvalue weighted by Gasteiger charge is -2.09. The Kier molecular flexibility index (Phi) is 6.54.